The average molecular weight is 329 g/mol. The van der Waals surface area contributed by atoms with Gasteiger partial charge < -0.3 is 14.4 Å². The Balaban J connectivity index is 1.99. The van der Waals surface area contributed by atoms with E-state index in [-0.39, 0.29) is 17.3 Å². The maximum atomic E-state index is 12.8. The summed E-state index contributed by atoms with van der Waals surface area (Å²) >= 11 is 0. The first kappa shape index (κ1) is 15.9. The average Bonchev–Trinajstić information content (AvgIpc) is 2.91. The van der Waals surface area contributed by atoms with E-state index in [1.54, 1.807) is 7.11 Å². The Hall–Kier alpha value is -1.55. The molecule has 0 spiro atoms. The zero-order chi connectivity index (χ0) is 17.1. The largest absolute Gasteiger partial charge is 0.493 e. The summed E-state index contributed by atoms with van der Waals surface area (Å²) in [5.41, 5.74) is 2.45. The van der Waals surface area contributed by atoms with Crippen molar-refractivity contribution in [3.8, 4) is 11.5 Å². The molecule has 0 bridgehead atoms. The lowest BCUT2D eigenvalue weighted by Crippen LogP contribution is -2.60. The minimum atomic E-state index is -0.330. The third-order valence-electron chi connectivity index (χ3n) is 6.47. The highest BCUT2D eigenvalue weighted by atomic mass is 16.5. The molecule has 3 unspecified atom stereocenters. The maximum absolute atomic E-state index is 12.8. The molecular formula is C20H27NO3. The van der Waals surface area contributed by atoms with E-state index < -0.39 is 0 Å². The molecule has 4 rings (SSSR count). The molecule has 3 aliphatic rings. The molecule has 1 aliphatic heterocycles. The van der Waals surface area contributed by atoms with Gasteiger partial charge in [0.2, 0.25) is 0 Å². The number of hydrogen-bond acceptors (Lipinski definition) is 4. The first-order chi connectivity index (χ1) is 11.5. The summed E-state index contributed by atoms with van der Waals surface area (Å²) < 4.78 is 11.9. The summed E-state index contributed by atoms with van der Waals surface area (Å²) in [5, 5.41) is 0. The zero-order valence-corrected chi connectivity index (χ0v) is 15.1. The van der Waals surface area contributed by atoms with Crippen molar-refractivity contribution >= 4 is 5.78 Å². The van der Waals surface area contributed by atoms with E-state index >= 15 is 0 Å². The number of likely N-dealkylation sites (N-methyl/N-ethyl adjacent to an activating group) is 1. The molecule has 4 heteroatoms. The number of ether oxygens (including phenoxy) is 2. The molecule has 0 saturated heterocycles. The number of carbonyl (C=O) groups is 1. The van der Waals surface area contributed by atoms with E-state index in [0.717, 1.165) is 37.2 Å². The van der Waals surface area contributed by atoms with Crippen molar-refractivity contribution in [3.05, 3.63) is 23.3 Å². The second-order valence-corrected chi connectivity index (χ2v) is 7.77. The first-order valence-corrected chi connectivity index (χ1v) is 9.10. The lowest BCUT2D eigenvalue weighted by molar-refractivity contribution is -0.135. The minimum Gasteiger partial charge on any atom is -0.493 e. The molecule has 24 heavy (non-hydrogen) atoms. The fourth-order valence-electron chi connectivity index (χ4n) is 5.64. The van der Waals surface area contributed by atoms with Crippen LogP contribution in [0.2, 0.25) is 0 Å². The first-order valence-electron chi connectivity index (χ1n) is 9.10. The van der Waals surface area contributed by atoms with Gasteiger partial charge in [-0.05, 0) is 50.9 Å². The van der Waals surface area contributed by atoms with Crippen LogP contribution in [-0.2, 0) is 16.6 Å². The van der Waals surface area contributed by atoms with Crippen LogP contribution in [0, 0.1) is 5.92 Å². The smallest absolute Gasteiger partial charge is 0.174 e. The van der Waals surface area contributed by atoms with Gasteiger partial charge in [-0.25, -0.2) is 0 Å². The molecule has 1 heterocycles. The minimum absolute atomic E-state index is 0.170. The Morgan fingerprint density at radius 1 is 1.38 bits per heavy atom. The predicted molar refractivity (Wildman–Crippen MR) is 92.9 cm³/mol. The molecule has 1 aromatic carbocycles. The van der Waals surface area contributed by atoms with Gasteiger partial charge in [-0.15, -0.1) is 0 Å². The van der Waals surface area contributed by atoms with Gasteiger partial charge in [0, 0.05) is 23.4 Å². The summed E-state index contributed by atoms with van der Waals surface area (Å²) in [4.78, 5) is 15.1. The Morgan fingerprint density at radius 2 is 2.17 bits per heavy atom. The number of methoxy groups -OCH3 is 1. The van der Waals surface area contributed by atoms with E-state index in [2.05, 4.69) is 32.0 Å². The van der Waals surface area contributed by atoms with Crippen molar-refractivity contribution in [2.24, 2.45) is 5.92 Å². The summed E-state index contributed by atoms with van der Waals surface area (Å²) in [7, 11) is 6.02. The maximum Gasteiger partial charge on any atom is 0.174 e. The molecule has 1 fully saturated rings. The Labute approximate surface area is 144 Å². The summed E-state index contributed by atoms with van der Waals surface area (Å²) in [6, 6.07) is 4.65. The van der Waals surface area contributed by atoms with Gasteiger partial charge in [-0.3, -0.25) is 4.79 Å². The number of benzene rings is 1. The molecule has 0 amide bonds. The molecule has 0 radical (unpaired) electrons. The monoisotopic (exact) mass is 329 g/mol. The Morgan fingerprint density at radius 3 is 2.83 bits per heavy atom. The normalized spacial score (nSPS) is 33.4. The van der Waals surface area contributed by atoms with Crippen molar-refractivity contribution in [3.63, 3.8) is 0 Å². The van der Waals surface area contributed by atoms with Gasteiger partial charge >= 0.3 is 0 Å². The van der Waals surface area contributed by atoms with Crippen LogP contribution in [0.3, 0.4) is 0 Å². The zero-order valence-electron chi connectivity index (χ0n) is 15.1. The van der Waals surface area contributed by atoms with E-state index in [1.165, 1.54) is 11.1 Å². The lowest BCUT2D eigenvalue weighted by Gasteiger charge is -2.52. The lowest BCUT2D eigenvalue weighted by atomic mass is 9.53. The van der Waals surface area contributed by atoms with Crippen molar-refractivity contribution in [1.82, 2.24) is 4.90 Å². The fourth-order valence-corrected chi connectivity index (χ4v) is 5.64. The molecule has 2 aliphatic carbocycles. The molecule has 4 atom stereocenters. The van der Waals surface area contributed by atoms with Gasteiger partial charge in [-0.2, -0.15) is 0 Å². The van der Waals surface area contributed by atoms with Crippen molar-refractivity contribution in [2.75, 3.05) is 21.2 Å². The van der Waals surface area contributed by atoms with Gasteiger partial charge in [0.25, 0.3) is 0 Å². The Kier molecular flexibility index (Phi) is 3.64. The van der Waals surface area contributed by atoms with E-state index in [0.29, 0.717) is 18.4 Å². The third-order valence-corrected chi connectivity index (χ3v) is 6.47. The van der Waals surface area contributed by atoms with Gasteiger partial charge in [0.15, 0.2) is 23.4 Å². The molecule has 130 valence electrons. The number of Topliss-reactive ketones (excluding diaryl/α,β-unsaturated/α-hetero) is 1. The van der Waals surface area contributed by atoms with Crippen LogP contribution in [0.1, 0.15) is 43.7 Å². The van der Waals surface area contributed by atoms with Crippen LogP contribution in [0.4, 0.5) is 0 Å². The summed E-state index contributed by atoms with van der Waals surface area (Å²) in [5.74, 6) is 2.35. The number of ketones is 1. The molecule has 4 nitrogen and oxygen atoms in total. The summed E-state index contributed by atoms with van der Waals surface area (Å²) in [6.45, 7) is 2.21. The van der Waals surface area contributed by atoms with E-state index in [1.807, 2.05) is 6.07 Å². The highest BCUT2D eigenvalue weighted by Gasteiger charge is 2.63. The molecule has 1 saturated carbocycles. The number of hydrogen-bond donors (Lipinski definition) is 0. The van der Waals surface area contributed by atoms with Gasteiger partial charge in [-0.1, -0.05) is 19.4 Å². The van der Waals surface area contributed by atoms with Crippen LogP contribution < -0.4 is 9.47 Å². The number of carbonyl (C=O) groups excluding carboxylic acids is 1. The topological polar surface area (TPSA) is 38.8 Å². The van der Waals surface area contributed by atoms with E-state index in [4.69, 9.17) is 9.47 Å². The van der Waals surface area contributed by atoms with Gasteiger partial charge in [0.05, 0.1) is 7.11 Å². The van der Waals surface area contributed by atoms with Gasteiger partial charge in [0.1, 0.15) is 0 Å². The Bertz CT molecular complexity index is 684. The van der Waals surface area contributed by atoms with Crippen LogP contribution >= 0.6 is 0 Å². The molecule has 0 N–H and O–H groups in total. The van der Waals surface area contributed by atoms with Crippen LogP contribution in [0.15, 0.2) is 12.1 Å². The highest BCUT2D eigenvalue weighted by molar-refractivity contribution is 5.89. The van der Waals surface area contributed by atoms with Crippen molar-refractivity contribution in [2.45, 2.75) is 56.6 Å². The van der Waals surface area contributed by atoms with Crippen molar-refractivity contribution in [1.29, 1.82) is 0 Å². The predicted octanol–water partition coefficient (Wildman–Crippen LogP) is 2.96. The SMILES string of the molecule is CCC[C@@]12c3c4ccc(OC)c3OC1C(=O)CCC2C(N(C)C)C4. The standard InChI is InChI=1S/C20H27NO3/c1-5-10-20-13-7-8-15(22)19(20)24-18-16(23-4)9-6-12(17(18)20)11-14(13)21(2)3/h6,9,13-14,19H,5,7-8,10-11H2,1-4H3/t13?,14?,19?,20-/m1/s1. The fraction of sp³-hybridized carbons (Fsp3) is 0.650. The molecule has 0 aromatic heterocycles. The van der Waals surface area contributed by atoms with Crippen molar-refractivity contribution < 1.29 is 14.3 Å². The highest BCUT2D eigenvalue weighted by Crippen LogP contribution is 2.61. The molecular weight excluding hydrogens is 302 g/mol. The molecule has 1 aromatic rings. The number of rotatable bonds is 4. The van der Waals surface area contributed by atoms with Crippen LogP contribution in [0.25, 0.3) is 0 Å². The second kappa shape index (κ2) is 5.48. The second-order valence-electron chi connectivity index (χ2n) is 7.77. The summed E-state index contributed by atoms with van der Waals surface area (Å²) in [6.07, 6.45) is 4.36. The van der Waals surface area contributed by atoms with Crippen LogP contribution in [-0.4, -0.2) is 44.0 Å². The van der Waals surface area contributed by atoms with Crippen LogP contribution in [0.5, 0.6) is 11.5 Å². The quantitative estimate of drug-likeness (QED) is 0.851. The third kappa shape index (κ3) is 1.86. The number of nitrogens with zero attached hydrogens (tertiary/aromatic N) is 1. The van der Waals surface area contributed by atoms with E-state index in [9.17, 15) is 4.79 Å².